The minimum atomic E-state index is 0.298. The smallest absolute Gasteiger partial charge is 0.0123 e. The summed E-state index contributed by atoms with van der Waals surface area (Å²) in [5.74, 6) is 0. The van der Waals surface area contributed by atoms with Gasteiger partial charge in [-0.1, -0.05) is 38.5 Å². The van der Waals surface area contributed by atoms with Crippen molar-refractivity contribution in [2.45, 2.75) is 34.6 Å². The van der Waals surface area contributed by atoms with Crippen LogP contribution in [-0.2, 0) is 0 Å². The Balaban J connectivity index is 4.36. The van der Waals surface area contributed by atoms with Gasteiger partial charge in [0.15, 0.2) is 0 Å². The van der Waals surface area contributed by atoms with Crippen molar-refractivity contribution in [2.75, 3.05) is 0 Å². The second-order valence-corrected chi connectivity index (χ2v) is 5.69. The lowest BCUT2D eigenvalue weighted by Crippen LogP contribution is -1.99. The molecule has 0 aliphatic rings. The van der Waals surface area contributed by atoms with E-state index in [2.05, 4.69) is 69.4 Å². The zero-order chi connectivity index (χ0) is 9.07. The first-order chi connectivity index (χ1) is 4.81. The molecule has 0 spiro atoms. The molecule has 64 valence electrons. The van der Waals surface area contributed by atoms with Gasteiger partial charge in [0.05, 0.1) is 0 Å². The minimum absolute atomic E-state index is 0.298. The van der Waals surface area contributed by atoms with E-state index in [1.807, 2.05) is 0 Å². The first-order valence-electron chi connectivity index (χ1n) is 3.84. The van der Waals surface area contributed by atoms with Gasteiger partial charge in [-0.25, -0.2) is 0 Å². The van der Waals surface area contributed by atoms with E-state index < -0.39 is 0 Å². The predicted molar refractivity (Wildman–Crippen MR) is 61.0 cm³/mol. The number of hydrogen-bond acceptors (Lipinski definition) is 0. The van der Waals surface area contributed by atoms with Gasteiger partial charge in [-0.3, -0.25) is 0 Å². The first kappa shape index (κ1) is 11.2. The van der Waals surface area contributed by atoms with Gasteiger partial charge in [-0.15, -0.1) is 0 Å². The Hall–Kier alpha value is 0.210. The van der Waals surface area contributed by atoms with Crippen LogP contribution in [0.5, 0.6) is 0 Å². The highest BCUT2D eigenvalue weighted by Crippen LogP contribution is 2.19. The van der Waals surface area contributed by atoms with Gasteiger partial charge in [-0.05, 0) is 45.4 Å². The molecule has 0 aliphatic heterocycles. The Kier molecular flexibility index (Phi) is 4.37. The zero-order valence-corrected chi connectivity index (χ0v) is 10.2. The summed E-state index contributed by atoms with van der Waals surface area (Å²) in [5.41, 5.74) is 1.65. The molecule has 0 saturated heterocycles. The number of halogens is 1. The average molecular weight is 264 g/mol. The molecule has 0 amide bonds. The van der Waals surface area contributed by atoms with Crippen LogP contribution >= 0.6 is 22.6 Å². The molecular weight excluding hydrogens is 247 g/mol. The van der Waals surface area contributed by atoms with Crippen molar-refractivity contribution in [1.82, 2.24) is 0 Å². The summed E-state index contributed by atoms with van der Waals surface area (Å²) in [5, 5.41) is 0. The Bertz CT molecular complexity index is 176. The van der Waals surface area contributed by atoms with Crippen LogP contribution < -0.4 is 0 Å². The second kappa shape index (κ2) is 4.29. The van der Waals surface area contributed by atoms with Gasteiger partial charge >= 0.3 is 0 Å². The number of rotatable bonds is 1. The zero-order valence-electron chi connectivity index (χ0n) is 8.03. The molecule has 0 heterocycles. The predicted octanol–water partition coefficient (Wildman–Crippen LogP) is 4.32. The Morgan fingerprint density at radius 2 is 1.64 bits per heavy atom. The maximum absolute atomic E-state index is 2.33. The Morgan fingerprint density at radius 1 is 1.18 bits per heavy atom. The van der Waals surface area contributed by atoms with Crippen molar-refractivity contribution in [3.05, 3.63) is 21.3 Å². The number of allylic oxidation sites excluding steroid dienone is 4. The lowest BCUT2D eigenvalue weighted by atomic mass is 9.94. The SMILES string of the molecule is C/C(I)=C/C(C)=C/C(C)(C)C. The summed E-state index contributed by atoms with van der Waals surface area (Å²) < 4.78 is 1.33. The fourth-order valence-corrected chi connectivity index (χ4v) is 1.53. The van der Waals surface area contributed by atoms with E-state index in [0.29, 0.717) is 5.41 Å². The normalized spacial score (nSPS) is 15.5. The van der Waals surface area contributed by atoms with Crippen LogP contribution in [0, 0.1) is 5.41 Å². The summed E-state index contributed by atoms with van der Waals surface area (Å²) in [6, 6.07) is 0. The largest absolute Gasteiger partial charge is 0.0762 e. The standard InChI is InChI=1S/C10H17I/c1-8(6-9(2)11)7-10(3,4)5/h6-7H,1-5H3/b8-7+,9-6-. The molecule has 0 nitrogen and oxygen atoms in total. The molecule has 0 aromatic carbocycles. The molecule has 11 heavy (non-hydrogen) atoms. The summed E-state index contributed by atoms with van der Waals surface area (Å²) in [6.07, 6.45) is 4.49. The lowest BCUT2D eigenvalue weighted by molar-refractivity contribution is 0.541. The Labute approximate surface area is 83.9 Å². The summed E-state index contributed by atoms with van der Waals surface area (Å²) in [7, 11) is 0. The van der Waals surface area contributed by atoms with Crippen molar-refractivity contribution in [1.29, 1.82) is 0 Å². The van der Waals surface area contributed by atoms with Gasteiger partial charge in [0.25, 0.3) is 0 Å². The molecule has 1 heteroatoms. The maximum Gasteiger partial charge on any atom is -0.0123 e. The minimum Gasteiger partial charge on any atom is -0.0762 e. The molecule has 0 aromatic heterocycles. The topological polar surface area (TPSA) is 0 Å². The van der Waals surface area contributed by atoms with Crippen LogP contribution in [0.25, 0.3) is 0 Å². The quantitative estimate of drug-likeness (QED) is 0.488. The molecule has 0 atom stereocenters. The van der Waals surface area contributed by atoms with Gasteiger partial charge in [-0.2, -0.15) is 0 Å². The van der Waals surface area contributed by atoms with Crippen molar-refractivity contribution in [3.63, 3.8) is 0 Å². The molecule has 0 saturated carbocycles. The molecule has 0 rings (SSSR count). The maximum atomic E-state index is 2.33. The molecule has 0 aromatic rings. The first-order valence-corrected chi connectivity index (χ1v) is 4.92. The van der Waals surface area contributed by atoms with Crippen LogP contribution in [-0.4, -0.2) is 0 Å². The van der Waals surface area contributed by atoms with E-state index in [1.165, 1.54) is 9.15 Å². The highest BCUT2D eigenvalue weighted by molar-refractivity contribution is 14.1. The van der Waals surface area contributed by atoms with E-state index in [9.17, 15) is 0 Å². The summed E-state index contributed by atoms with van der Waals surface area (Å²) in [4.78, 5) is 0. The van der Waals surface area contributed by atoms with Crippen molar-refractivity contribution in [2.24, 2.45) is 5.41 Å². The van der Waals surface area contributed by atoms with E-state index in [0.717, 1.165) is 0 Å². The van der Waals surface area contributed by atoms with Gasteiger partial charge in [0.2, 0.25) is 0 Å². The van der Waals surface area contributed by atoms with E-state index in [-0.39, 0.29) is 0 Å². The molecule has 0 bridgehead atoms. The van der Waals surface area contributed by atoms with E-state index in [4.69, 9.17) is 0 Å². The average Bonchev–Trinajstić information content (AvgIpc) is 1.53. The van der Waals surface area contributed by atoms with E-state index >= 15 is 0 Å². The molecule has 0 unspecified atom stereocenters. The van der Waals surface area contributed by atoms with Gasteiger partial charge in [0, 0.05) is 0 Å². The number of hydrogen-bond donors (Lipinski definition) is 0. The Morgan fingerprint density at radius 3 is 1.91 bits per heavy atom. The van der Waals surface area contributed by atoms with Crippen molar-refractivity contribution in [3.8, 4) is 0 Å². The van der Waals surface area contributed by atoms with Crippen molar-refractivity contribution >= 4 is 22.6 Å². The monoisotopic (exact) mass is 264 g/mol. The molecular formula is C10H17I. The third-order valence-electron chi connectivity index (χ3n) is 1.09. The third-order valence-corrected chi connectivity index (χ3v) is 1.40. The lowest BCUT2D eigenvalue weighted by Gasteiger charge is -2.12. The molecule has 0 aliphatic carbocycles. The second-order valence-electron chi connectivity index (χ2n) is 3.99. The van der Waals surface area contributed by atoms with Gasteiger partial charge < -0.3 is 0 Å². The fraction of sp³-hybridized carbons (Fsp3) is 0.600. The molecule has 0 N–H and O–H groups in total. The van der Waals surface area contributed by atoms with Crippen LogP contribution in [0.1, 0.15) is 34.6 Å². The summed E-state index contributed by atoms with van der Waals surface area (Å²) >= 11 is 2.33. The van der Waals surface area contributed by atoms with Crippen LogP contribution in [0.4, 0.5) is 0 Å². The van der Waals surface area contributed by atoms with E-state index in [1.54, 1.807) is 0 Å². The molecule has 0 fully saturated rings. The highest BCUT2D eigenvalue weighted by Gasteiger charge is 2.04. The fourth-order valence-electron chi connectivity index (χ4n) is 1.04. The highest BCUT2D eigenvalue weighted by atomic mass is 127. The summed E-state index contributed by atoms with van der Waals surface area (Å²) in [6.45, 7) is 10.9. The third kappa shape index (κ3) is 8.11. The van der Waals surface area contributed by atoms with Crippen LogP contribution in [0.3, 0.4) is 0 Å². The van der Waals surface area contributed by atoms with Gasteiger partial charge in [0.1, 0.15) is 0 Å². The van der Waals surface area contributed by atoms with Crippen molar-refractivity contribution < 1.29 is 0 Å². The molecule has 0 radical (unpaired) electrons. The van der Waals surface area contributed by atoms with Crippen LogP contribution in [0.15, 0.2) is 21.3 Å². The van der Waals surface area contributed by atoms with Crippen LogP contribution in [0.2, 0.25) is 0 Å².